The molecule has 8 heterocycles. The summed E-state index contributed by atoms with van der Waals surface area (Å²) in [6.07, 6.45) is 21.8. The topological polar surface area (TPSA) is 178 Å². The third-order valence-corrected chi connectivity index (χ3v) is 11.9. The van der Waals surface area contributed by atoms with Crippen LogP contribution in [-0.2, 0) is 36.7 Å². The Bertz CT molecular complexity index is 2810. The summed E-state index contributed by atoms with van der Waals surface area (Å²) < 4.78 is 47.7. The highest BCUT2D eigenvalue weighted by Gasteiger charge is 2.33. The van der Waals surface area contributed by atoms with E-state index in [-0.39, 0.29) is 28.9 Å². The number of aromatic nitrogens is 12. The minimum Gasteiger partial charge on any atom is -0.354 e. The molecule has 3 atom stereocenters. The molecule has 0 bridgehead atoms. The number of rotatable bonds is 13. The average Bonchev–Trinajstić information content (AvgIpc) is 4.20. The van der Waals surface area contributed by atoms with Gasteiger partial charge in [0.05, 0.1) is 69.7 Å². The molecule has 18 heteroatoms. The normalized spacial score (nSPS) is 15.4. The summed E-state index contributed by atoms with van der Waals surface area (Å²) in [6, 6.07) is 16.9. The van der Waals surface area contributed by atoms with E-state index in [1.165, 1.54) is 24.3 Å². The minimum absolute atomic E-state index is 0.177. The number of aryl methyl sites for hydroxylation is 2. The van der Waals surface area contributed by atoms with Gasteiger partial charge in [-0.1, -0.05) is 13.8 Å². The Morgan fingerprint density at radius 1 is 0.677 bits per heavy atom. The number of hydrogen-bond acceptors (Lipinski definition) is 11. The van der Waals surface area contributed by atoms with Crippen molar-refractivity contribution in [1.82, 2.24) is 58.1 Å². The van der Waals surface area contributed by atoms with Gasteiger partial charge in [0, 0.05) is 87.0 Å². The zero-order valence-corrected chi connectivity index (χ0v) is 37.5. The maximum atomic E-state index is 13.6. The Morgan fingerprint density at radius 2 is 1.17 bits per heavy atom. The summed E-state index contributed by atoms with van der Waals surface area (Å²) >= 11 is 0. The number of nitrogens with one attached hydrogen (secondary N) is 1. The zero-order chi connectivity index (χ0) is 45.3. The van der Waals surface area contributed by atoms with Crippen LogP contribution in [0, 0.1) is 11.6 Å². The lowest BCUT2D eigenvalue weighted by molar-refractivity contribution is 0.451. The first-order chi connectivity index (χ1) is 31.7. The summed E-state index contributed by atoms with van der Waals surface area (Å²) in [6.45, 7) is 7.36. The lowest BCUT2D eigenvalue weighted by Crippen LogP contribution is -2.13. The van der Waals surface area contributed by atoms with Gasteiger partial charge >= 0.3 is 0 Å². The van der Waals surface area contributed by atoms with Crippen LogP contribution >= 0.6 is 0 Å². The Labute approximate surface area is 378 Å². The molecule has 1 unspecified atom stereocenters. The molecule has 0 amide bonds. The number of hydrogen-bond donors (Lipinski definition) is 2. The Balaban J connectivity index is 0.000000164. The van der Waals surface area contributed by atoms with Crippen LogP contribution in [0.4, 0.5) is 14.7 Å². The smallest absolute Gasteiger partial charge is 0.223 e. The standard InChI is InChI=1S/C23H24FN7.C21H19FN6OS.C3H9N/c1-2-10-26-23-27-11-9-19(28-23)22-21(16-3-5-17(24)6-4-16)29-20-8-7-18(31(20)22)14-30-13-12-25-15-30;1-30(29)21-24-9-8-17(25-21)20-19(14-2-4-15(22)5-3-14)26-18-7-6-16(28(18)20)12-27-11-10-23-13-27;1-2-3-4/h3-6,9,11-13,15,18H,2,7-8,10,14H2,1H3,(H,26,27,28);2-5,8-11,13,16H,6-7,12H2,1H3;2-4H2,1H3/t18-;16-,30?;/m00./s1. The fraction of sp³-hybridized carbons (Fsp3) is 0.319. The van der Waals surface area contributed by atoms with E-state index >= 15 is 0 Å². The molecule has 0 aliphatic carbocycles. The van der Waals surface area contributed by atoms with Crippen LogP contribution in [-0.4, -0.2) is 81.7 Å². The molecule has 15 nitrogen and oxygen atoms in total. The molecule has 0 saturated carbocycles. The van der Waals surface area contributed by atoms with Gasteiger partial charge in [0.25, 0.3) is 0 Å². The van der Waals surface area contributed by atoms with Crippen LogP contribution in [0.3, 0.4) is 0 Å². The number of nitrogens with two attached hydrogens (primary N) is 1. The fourth-order valence-electron chi connectivity index (χ4n) is 8.10. The second-order valence-electron chi connectivity index (χ2n) is 15.8. The molecule has 0 saturated heterocycles. The van der Waals surface area contributed by atoms with Crippen molar-refractivity contribution in [3.63, 3.8) is 0 Å². The quantitative estimate of drug-likeness (QED) is 0.107. The van der Waals surface area contributed by atoms with Crippen molar-refractivity contribution in [3.05, 3.63) is 134 Å². The van der Waals surface area contributed by atoms with E-state index in [9.17, 15) is 13.0 Å². The monoisotopic (exact) mass is 898 g/mol. The zero-order valence-electron chi connectivity index (χ0n) is 36.6. The van der Waals surface area contributed by atoms with E-state index in [4.69, 9.17) is 20.7 Å². The van der Waals surface area contributed by atoms with Gasteiger partial charge in [-0.05, 0) is 92.9 Å². The van der Waals surface area contributed by atoms with Gasteiger partial charge in [0.1, 0.15) is 23.3 Å². The van der Waals surface area contributed by atoms with E-state index in [1.807, 2.05) is 29.4 Å². The molecule has 8 aromatic rings. The molecule has 336 valence electrons. The summed E-state index contributed by atoms with van der Waals surface area (Å²) in [5.41, 5.74) is 11.5. The van der Waals surface area contributed by atoms with Crippen LogP contribution in [0.2, 0.25) is 0 Å². The molecular formula is C47H52F2N14OS. The van der Waals surface area contributed by atoms with Crippen LogP contribution in [0.5, 0.6) is 0 Å². The summed E-state index contributed by atoms with van der Waals surface area (Å²) in [5.74, 6) is 2.04. The summed E-state index contributed by atoms with van der Waals surface area (Å²) in [4.78, 5) is 36.0. The van der Waals surface area contributed by atoms with Crippen LogP contribution in [0.15, 0.2) is 116 Å². The number of nitrogens with zero attached hydrogens (tertiary/aromatic N) is 12. The summed E-state index contributed by atoms with van der Waals surface area (Å²) in [5, 5.41) is 3.54. The minimum atomic E-state index is -1.30. The van der Waals surface area contributed by atoms with Gasteiger partial charge in [-0.15, -0.1) is 0 Å². The third kappa shape index (κ3) is 10.3. The number of benzene rings is 2. The van der Waals surface area contributed by atoms with Gasteiger partial charge in [-0.25, -0.2) is 48.7 Å². The van der Waals surface area contributed by atoms with Crippen molar-refractivity contribution in [3.8, 4) is 45.3 Å². The molecular weight excluding hydrogens is 847 g/mol. The predicted molar refractivity (Wildman–Crippen MR) is 247 cm³/mol. The number of halogens is 2. The molecule has 65 heavy (non-hydrogen) atoms. The van der Waals surface area contributed by atoms with Crippen LogP contribution < -0.4 is 11.1 Å². The molecule has 2 aliphatic heterocycles. The SMILES string of the molecule is CCCN.CCCNc1nccc(-c2c(-c3ccc(F)cc3)nc3n2[C@H](Cn2ccnc2)CC3)n1.CS(=O)c1nccc(-c2c(-c3ccc(F)cc3)nc3n2[C@H](Cn2ccnc2)CC3)n1. The third-order valence-electron chi connectivity index (χ3n) is 11.2. The number of imidazole rings is 4. The second-order valence-corrected chi connectivity index (χ2v) is 17.0. The van der Waals surface area contributed by atoms with E-state index < -0.39 is 10.8 Å². The van der Waals surface area contributed by atoms with E-state index in [2.05, 4.69) is 57.8 Å². The Morgan fingerprint density at radius 3 is 1.62 bits per heavy atom. The maximum Gasteiger partial charge on any atom is 0.223 e. The number of anilines is 1. The summed E-state index contributed by atoms with van der Waals surface area (Å²) in [7, 11) is -1.30. The fourth-order valence-corrected chi connectivity index (χ4v) is 8.54. The maximum absolute atomic E-state index is 13.6. The van der Waals surface area contributed by atoms with Crippen LogP contribution in [0.25, 0.3) is 45.3 Å². The van der Waals surface area contributed by atoms with Gasteiger partial charge in [0.2, 0.25) is 11.1 Å². The van der Waals surface area contributed by atoms with Crippen molar-refractivity contribution >= 4 is 16.7 Å². The first-order valence-electron chi connectivity index (χ1n) is 21.8. The average molecular weight is 899 g/mol. The van der Waals surface area contributed by atoms with Crippen molar-refractivity contribution in [2.75, 3.05) is 24.7 Å². The van der Waals surface area contributed by atoms with Gasteiger partial charge in [0.15, 0.2) is 0 Å². The largest absolute Gasteiger partial charge is 0.354 e. The molecule has 10 rings (SSSR count). The highest BCUT2D eigenvalue weighted by atomic mass is 32.2. The van der Waals surface area contributed by atoms with Crippen LogP contribution in [0.1, 0.15) is 63.3 Å². The van der Waals surface area contributed by atoms with Crippen molar-refractivity contribution in [1.29, 1.82) is 0 Å². The second kappa shape index (κ2) is 20.8. The van der Waals surface area contributed by atoms with Crippen molar-refractivity contribution < 1.29 is 13.0 Å². The van der Waals surface area contributed by atoms with Gasteiger partial charge in [-0.3, -0.25) is 4.21 Å². The molecule has 0 spiro atoms. The first kappa shape index (κ1) is 44.8. The van der Waals surface area contributed by atoms with Gasteiger partial charge < -0.3 is 29.3 Å². The van der Waals surface area contributed by atoms with E-state index in [1.54, 1.807) is 67.7 Å². The molecule has 6 aromatic heterocycles. The van der Waals surface area contributed by atoms with E-state index in [0.717, 1.165) is 116 Å². The highest BCUT2D eigenvalue weighted by molar-refractivity contribution is 7.84. The lowest BCUT2D eigenvalue weighted by Gasteiger charge is -2.18. The Hall–Kier alpha value is -6.79. The van der Waals surface area contributed by atoms with Crippen molar-refractivity contribution in [2.45, 2.75) is 82.7 Å². The molecule has 3 N–H and O–H groups in total. The lowest BCUT2D eigenvalue weighted by atomic mass is 10.1. The van der Waals surface area contributed by atoms with E-state index in [0.29, 0.717) is 11.6 Å². The molecule has 2 aliphatic rings. The predicted octanol–water partition coefficient (Wildman–Crippen LogP) is 7.97. The first-order valence-corrected chi connectivity index (χ1v) is 23.4. The van der Waals surface area contributed by atoms with Gasteiger partial charge in [-0.2, -0.15) is 0 Å². The molecule has 0 radical (unpaired) electrons. The Kier molecular flexibility index (Phi) is 14.3. The highest BCUT2D eigenvalue weighted by Crippen LogP contribution is 2.41. The van der Waals surface area contributed by atoms with Crippen molar-refractivity contribution in [2.24, 2.45) is 5.73 Å². The molecule has 0 fully saturated rings. The number of fused-ring (bicyclic) bond motifs is 2. The molecule has 2 aromatic carbocycles.